The van der Waals surface area contributed by atoms with Crippen LogP contribution in [0, 0.1) is 6.92 Å². The third-order valence-electron chi connectivity index (χ3n) is 6.13. The monoisotopic (exact) mass is 398 g/mol. The van der Waals surface area contributed by atoms with Gasteiger partial charge in [0.15, 0.2) is 0 Å². The Morgan fingerprint density at radius 1 is 1.24 bits per heavy atom. The first-order valence-electron chi connectivity index (χ1n) is 10.6. The smallest absolute Gasteiger partial charge is 0.409 e. The molecule has 1 aromatic heterocycles. The molecule has 1 unspecified atom stereocenters. The van der Waals surface area contributed by atoms with Crippen molar-refractivity contribution in [1.82, 2.24) is 19.9 Å². The molecule has 2 saturated heterocycles. The summed E-state index contributed by atoms with van der Waals surface area (Å²) < 4.78 is 12.5. The second kappa shape index (κ2) is 8.95. The van der Waals surface area contributed by atoms with Gasteiger partial charge in [-0.1, -0.05) is 23.4 Å². The number of amides is 1. The fourth-order valence-corrected chi connectivity index (χ4v) is 4.42. The molecular formula is C22H30N4O3. The van der Waals surface area contributed by atoms with E-state index in [1.54, 1.807) is 4.90 Å². The van der Waals surface area contributed by atoms with E-state index < -0.39 is 0 Å². The fraction of sp³-hybridized carbons (Fsp3) is 0.591. The number of aromatic nitrogens is 3. The normalized spacial score (nSPS) is 20.6. The van der Waals surface area contributed by atoms with Crippen LogP contribution in [0.5, 0.6) is 0 Å². The van der Waals surface area contributed by atoms with E-state index >= 15 is 0 Å². The molecule has 2 aromatic rings. The van der Waals surface area contributed by atoms with Crippen LogP contribution in [-0.4, -0.2) is 58.9 Å². The van der Waals surface area contributed by atoms with Crippen molar-refractivity contribution in [3.05, 3.63) is 35.5 Å². The van der Waals surface area contributed by atoms with E-state index in [0.717, 1.165) is 63.2 Å². The number of benzene rings is 1. The average molecular weight is 399 g/mol. The minimum Gasteiger partial charge on any atom is -0.453 e. The van der Waals surface area contributed by atoms with Gasteiger partial charge in [-0.3, -0.25) is 0 Å². The second-order valence-corrected chi connectivity index (χ2v) is 8.12. The standard InChI is InChI=1S/C22H30N4O3/c1-16-13-18(17-8-10-25(11-9-17)22(27)28-2)6-7-20(16)21-15-26(24-23-21)14-19-5-3-4-12-29-19/h6-7,13,15,17,19H,3-5,8-12,14H2,1-2H3. The van der Waals surface area contributed by atoms with Crippen LogP contribution in [0.1, 0.15) is 49.1 Å². The number of rotatable bonds is 4. The summed E-state index contributed by atoms with van der Waals surface area (Å²) in [6.45, 7) is 5.24. The number of hydrogen-bond donors (Lipinski definition) is 0. The first kappa shape index (κ1) is 19.9. The Hall–Kier alpha value is -2.41. The van der Waals surface area contributed by atoms with Crippen molar-refractivity contribution in [3.8, 4) is 11.3 Å². The van der Waals surface area contributed by atoms with Crippen molar-refractivity contribution in [2.24, 2.45) is 0 Å². The summed E-state index contributed by atoms with van der Waals surface area (Å²) in [7, 11) is 1.44. The zero-order valence-electron chi connectivity index (χ0n) is 17.3. The molecule has 0 N–H and O–H groups in total. The molecule has 0 aliphatic carbocycles. The molecule has 1 atom stereocenters. The summed E-state index contributed by atoms with van der Waals surface area (Å²) in [6.07, 6.45) is 7.45. The van der Waals surface area contributed by atoms with Crippen LogP contribution < -0.4 is 0 Å². The minimum atomic E-state index is -0.225. The lowest BCUT2D eigenvalue weighted by molar-refractivity contribution is 0.00370. The van der Waals surface area contributed by atoms with Crippen molar-refractivity contribution in [1.29, 1.82) is 0 Å². The molecule has 7 nitrogen and oxygen atoms in total. The molecule has 4 rings (SSSR count). The third kappa shape index (κ3) is 4.61. The lowest BCUT2D eigenvalue weighted by atomic mass is 9.87. The van der Waals surface area contributed by atoms with Crippen LogP contribution in [0.2, 0.25) is 0 Å². The molecule has 7 heteroatoms. The maximum Gasteiger partial charge on any atom is 0.409 e. The summed E-state index contributed by atoms with van der Waals surface area (Å²) in [5.41, 5.74) is 4.57. The largest absolute Gasteiger partial charge is 0.453 e. The topological polar surface area (TPSA) is 69.5 Å². The maximum absolute atomic E-state index is 11.7. The van der Waals surface area contributed by atoms with Gasteiger partial charge in [0.05, 0.1) is 26.0 Å². The lowest BCUT2D eigenvalue weighted by Gasteiger charge is -2.31. The number of likely N-dealkylation sites (tertiary alicyclic amines) is 1. The number of nitrogens with zero attached hydrogens (tertiary/aromatic N) is 4. The molecule has 2 aliphatic rings. The van der Waals surface area contributed by atoms with Crippen LogP contribution in [0.4, 0.5) is 4.79 Å². The van der Waals surface area contributed by atoms with Gasteiger partial charge in [-0.05, 0) is 56.1 Å². The maximum atomic E-state index is 11.7. The number of methoxy groups -OCH3 is 1. The van der Waals surface area contributed by atoms with Crippen molar-refractivity contribution < 1.29 is 14.3 Å². The zero-order valence-corrected chi connectivity index (χ0v) is 17.3. The van der Waals surface area contributed by atoms with E-state index in [9.17, 15) is 4.79 Å². The summed E-state index contributed by atoms with van der Waals surface area (Å²) in [4.78, 5) is 13.5. The fourth-order valence-electron chi connectivity index (χ4n) is 4.42. The van der Waals surface area contributed by atoms with E-state index in [1.807, 2.05) is 10.9 Å². The predicted molar refractivity (Wildman–Crippen MR) is 110 cm³/mol. The van der Waals surface area contributed by atoms with Crippen molar-refractivity contribution in [2.45, 2.75) is 57.6 Å². The Morgan fingerprint density at radius 2 is 2.07 bits per heavy atom. The van der Waals surface area contributed by atoms with Gasteiger partial charge in [0, 0.05) is 25.3 Å². The van der Waals surface area contributed by atoms with Crippen molar-refractivity contribution in [2.75, 3.05) is 26.8 Å². The summed E-state index contributed by atoms with van der Waals surface area (Å²) in [5.74, 6) is 0.475. The molecule has 3 heterocycles. The minimum absolute atomic E-state index is 0.225. The van der Waals surface area contributed by atoms with Gasteiger partial charge in [0.1, 0.15) is 5.69 Å². The quantitative estimate of drug-likeness (QED) is 0.784. The van der Waals surface area contributed by atoms with Crippen LogP contribution in [-0.2, 0) is 16.0 Å². The van der Waals surface area contributed by atoms with Gasteiger partial charge >= 0.3 is 6.09 Å². The van der Waals surface area contributed by atoms with Gasteiger partial charge < -0.3 is 14.4 Å². The summed E-state index contributed by atoms with van der Waals surface area (Å²) >= 11 is 0. The van der Waals surface area contributed by atoms with Crippen LogP contribution >= 0.6 is 0 Å². The molecule has 1 amide bonds. The SMILES string of the molecule is COC(=O)N1CCC(c2ccc(-c3cn(CC4CCCCO4)nn3)c(C)c2)CC1. The lowest BCUT2D eigenvalue weighted by Crippen LogP contribution is -2.37. The van der Waals surface area contributed by atoms with Gasteiger partial charge in [-0.15, -0.1) is 5.10 Å². The van der Waals surface area contributed by atoms with Gasteiger partial charge in [0.2, 0.25) is 0 Å². The molecule has 156 valence electrons. The average Bonchev–Trinajstić information content (AvgIpc) is 3.22. The van der Waals surface area contributed by atoms with Crippen LogP contribution in [0.15, 0.2) is 24.4 Å². The van der Waals surface area contributed by atoms with Crippen molar-refractivity contribution in [3.63, 3.8) is 0 Å². The molecule has 2 aliphatic heterocycles. The molecule has 0 spiro atoms. The number of carbonyl (C=O) groups excluding carboxylic acids is 1. The number of piperidine rings is 1. The van der Waals surface area contributed by atoms with Gasteiger partial charge in [0.25, 0.3) is 0 Å². The van der Waals surface area contributed by atoms with Gasteiger partial charge in [-0.25, -0.2) is 9.48 Å². The third-order valence-corrected chi connectivity index (χ3v) is 6.13. The first-order chi connectivity index (χ1) is 14.1. The molecule has 2 fully saturated rings. The Bertz CT molecular complexity index is 836. The van der Waals surface area contributed by atoms with Crippen LogP contribution in [0.25, 0.3) is 11.3 Å². The molecule has 0 saturated carbocycles. The van der Waals surface area contributed by atoms with E-state index in [2.05, 4.69) is 35.4 Å². The summed E-state index contributed by atoms with van der Waals surface area (Å²) in [5, 5.41) is 8.70. The Balaban J connectivity index is 1.41. The Morgan fingerprint density at radius 3 is 2.76 bits per heavy atom. The molecule has 0 bridgehead atoms. The highest BCUT2D eigenvalue weighted by Gasteiger charge is 2.24. The molecule has 0 radical (unpaired) electrons. The molecular weight excluding hydrogens is 368 g/mol. The molecule has 1 aromatic carbocycles. The van der Waals surface area contributed by atoms with Crippen LogP contribution in [0.3, 0.4) is 0 Å². The zero-order chi connectivity index (χ0) is 20.2. The Labute approximate surface area is 172 Å². The number of carbonyl (C=O) groups is 1. The van der Waals surface area contributed by atoms with E-state index in [0.29, 0.717) is 5.92 Å². The number of ether oxygens (including phenoxy) is 2. The second-order valence-electron chi connectivity index (χ2n) is 8.12. The van der Waals surface area contributed by atoms with E-state index in [1.165, 1.54) is 24.7 Å². The van der Waals surface area contributed by atoms with E-state index in [4.69, 9.17) is 9.47 Å². The first-order valence-corrected chi connectivity index (χ1v) is 10.6. The highest BCUT2D eigenvalue weighted by Crippen LogP contribution is 2.31. The highest BCUT2D eigenvalue weighted by molar-refractivity contribution is 5.67. The predicted octanol–water partition coefficient (Wildman–Crippen LogP) is 3.77. The van der Waals surface area contributed by atoms with E-state index in [-0.39, 0.29) is 12.2 Å². The number of hydrogen-bond acceptors (Lipinski definition) is 5. The molecule has 29 heavy (non-hydrogen) atoms. The highest BCUT2D eigenvalue weighted by atomic mass is 16.5. The summed E-state index contributed by atoms with van der Waals surface area (Å²) in [6, 6.07) is 6.62. The van der Waals surface area contributed by atoms with Gasteiger partial charge in [-0.2, -0.15) is 0 Å². The Kier molecular flexibility index (Phi) is 6.13. The number of aryl methyl sites for hydroxylation is 1. The van der Waals surface area contributed by atoms with Crippen molar-refractivity contribution >= 4 is 6.09 Å².